The number of benzene rings is 2. The topological polar surface area (TPSA) is 98.8 Å². The van der Waals surface area contributed by atoms with Crippen molar-refractivity contribution in [2.75, 3.05) is 0 Å². The number of primary sulfonamides is 1. The Bertz CT molecular complexity index is 1440. The van der Waals surface area contributed by atoms with E-state index < -0.39 is 21.8 Å². The number of pyridine rings is 1. The molecule has 33 heavy (non-hydrogen) atoms. The zero-order chi connectivity index (χ0) is 23.8. The molecule has 0 radical (unpaired) electrons. The van der Waals surface area contributed by atoms with E-state index in [2.05, 4.69) is 15.0 Å². The van der Waals surface area contributed by atoms with Gasteiger partial charge in [0.05, 0.1) is 27.5 Å². The molecule has 168 valence electrons. The molecule has 10 heteroatoms. The Hall–Kier alpha value is -3.63. The van der Waals surface area contributed by atoms with Gasteiger partial charge in [-0.2, -0.15) is 13.2 Å². The first-order valence-corrected chi connectivity index (χ1v) is 11.2. The van der Waals surface area contributed by atoms with Crippen molar-refractivity contribution in [1.82, 2.24) is 15.0 Å². The van der Waals surface area contributed by atoms with E-state index in [1.165, 1.54) is 30.5 Å². The number of nitrogens with two attached hydrogens (primary N) is 1. The smallest absolute Gasteiger partial charge is 0.246 e. The van der Waals surface area contributed by atoms with Crippen LogP contribution in [0.3, 0.4) is 0 Å². The summed E-state index contributed by atoms with van der Waals surface area (Å²) in [6.07, 6.45) is -2.90. The van der Waals surface area contributed by atoms with Gasteiger partial charge < -0.3 is 0 Å². The normalized spacial score (nSPS) is 12.0. The first-order chi connectivity index (χ1) is 15.5. The lowest BCUT2D eigenvalue weighted by Gasteiger charge is -2.10. The van der Waals surface area contributed by atoms with Crippen LogP contribution in [-0.4, -0.2) is 23.4 Å². The van der Waals surface area contributed by atoms with Crippen LogP contribution in [0.4, 0.5) is 13.2 Å². The van der Waals surface area contributed by atoms with E-state index in [1.807, 2.05) is 6.92 Å². The average Bonchev–Trinajstić information content (AvgIpc) is 2.78. The van der Waals surface area contributed by atoms with Gasteiger partial charge in [0, 0.05) is 17.3 Å². The van der Waals surface area contributed by atoms with Gasteiger partial charge in [0.15, 0.2) is 5.82 Å². The third-order valence-corrected chi connectivity index (χ3v) is 5.73. The molecule has 4 rings (SSSR count). The molecule has 0 saturated heterocycles. The van der Waals surface area contributed by atoms with Crippen molar-refractivity contribution in [2.24, 2.45) is 5.14 Å². The van der Waals surface area contributed by atoms with E-state index in [-0.39, 0.29) is 10.7 Å². The van der Waals surface area contributed by atoms with E-state index in [0.717, 1.165) is 17.7 Å². The Labute approximate surface area is 188 Å². The lowest BCUT2D eigenvalue weighted by molar-refractivity contribution is -0.137. The van der Waals surface area contributed by atoms with E-state index in [4.69, 9.17) is 5.14 Å². The summed E-state index contributed by atoms with van der Waals surface area (Å²) in [6.45, 7) is 1.84. The Morgan fingerprint density at radius 3 is 2.18 bits per heavy atom. The van der Waals surface area contributed by atoms with Crippen molar-refractivity contribution >= 4 is 10.0 Å². The summed E-state index contributed by atoms with van der Waals surface area (Å²) in [7, 11) is -3.89. The van der Waals surface area contributed by atoms with Crippen molar-refractivity contribution in [3.05, 3.63) is 84.1 Å². The van der Waals surface area contributed by atoms with Gasteiger partial charge in [0.2, 0.25) is 10.0 Å². The molecule has 6 nitrogen and oxygen atoms in total. The minimum absolute atomic E-state index is 0.0627. The molecule has 0 atom stereocenters. The molecule has 2 aromatic carbocycles. The molecular formula is C23H17F3N4O2S. The number of hydrogen-bond donors (Lipinski definition) is 1. The fraction of sp³-hybridized carbons (Fsp3) is 0.0870. The van der Waals surface area contributed by atoms with Crippen molar-refractivity contribution in [3.63, 3.8) is 0 Å². The maximum Gasteiger partial charge on any atom is 0.416 e. The average molecular weight is 470 g/mol. The van der Waals surface area contributed by atoms with Crippen LogP contribution in [0.25, 0.3) is 34.0 Å². The highest BCUT2D eigenvalue weighted by molar-refractivity contribution is 7.89. The molecule has 0 aliphatic rings. The number of sulfonamides is 1. The Balaban J connectivity index is 1.73. The van der Waals surface area contributed by atoms with Gasteiger partial charge in [0.25, 0.3) is 0 Å². The highest BCUT2D eigenvalue weighted by Gasteiger charge is 2.30. The molecule has 2 heterocycles. The second kappa shape index (κ2) is 8.38. The summed E-state index contributed by atoms with van der Waals surface area (Å²) in [6, 6.07) is 15.9. The molecule has 4 aromatic rings. The summed E-state index contributed by atoms with van der Waals surface area (Å²) in [5, 5.41) is 5.21. The van der Waals surface area contributed by atoms with Crippen LogP contribution in [0.5, 0.6) is 0 Å². The number of rotatable bonds is 4. The van der Waals surface area contributed by atoms with Crippen molar-refractivity contribution in [2.45, 2.75) is 18.0 Å². The third-order valence-electron chi connectivity index (χ3n) is 4.82. The molecule has 0 aliphatic carbocycles. The van der Waals surface area contributed by atoms with Gasteiger partial charge in [-0.25, -0.2) is 28.5 Å². The van der Waals surface area contributed by atoms with Gasteiger partial charge in [-0.15, -0.1) is 0 Å². The minimum Gasteiger partial charge on any atom is -0.246 e. The van der Waals surface area contributed by atoms with Crippen LogP contribution in [0.15, 0.2) is 77.8 Å². The molecule has 0 bridgehead atoms. The zero-order valence-corrected chi connectivity index (χ0v) is 18.0. The molecule has 0 spiro atoms. The van der Waals surface area contributed by atoms with Crippen LogP contribution in [0, 0.1) is 6.92 Å². The summed E-state index contributed by atoms with van der Waals surface area (Å²) in [4.78, 5) is 13.2. The van der Waals surface area contributed by atoms with Crippen LogP contribution in [-0.2, 0) is 16.2 Å². The summed E-state index contributed by atoms with van der Waals surface area (Å²) < 4.78 is 61.9. The van der Waals surface area contributed by atoms with Crippen LogP contribution in [0.1, 0.15) is 11.1 Å². The van der Waals surface area contributed by atoms with Gasteiger partial charge in [-0.3, -0.25) is 0 Å². The fourth-order valence-electron chi connectivity index (χ4n) is 3.23. The molecule has 0 fully saturated rings. The first kappa shape index (κ1) is 22.6. The van der Waals surface area contributed by atoms with Gasteiger partial charge in [0.1, 0.15) is 0 Å². The van der Waals surface area contributed by atoms with Gasteiger partial charge in [-0.05, 0) is 55.0 Å². The number of nitrogens with zero attached hydrogens (tertiary/aromatic N) is 3. The maximum absolute atomic E-state index is 12.9. The minimum atomic E-state index is -4.42. The van der Waals surface area contributed by atoms with Crippen molar-refractivity contribution in [1.29, 1.82) is 0 Å². The van der Waals surface area contributed by atoms with E-state index in [9.17, 15) is 21.6 Å². The highest BCUT2D eigenvalue weighted by atomic mass is 32.2. The summed E-state index contributed by atoms with van der Waals surface area (Å²) in [5.74, 6) is 0.275. The van der Waals surface area contributed by atoms with Crippen molar-refractivity contribution in [3.8, 4) is 34.0 Å². The second-order valence-electron chi connectivity index (χ2n) is 7.33. The Kier molecular flexibility index (Phi) is 5.73. The van der Waals surface area contributed by atoms with Crippen LogP contribution < -0.4 is 5.14 Å². The number of halogens is 3. The SMILES string of the molecule is Cc1cc(-c2ccc(C(F)(F)F)cc2)nc(-c2ccnc(-c3cccc(S(N)(=O)=O)c3)n2)c1. The number of hydrogen-bond acceptors (Lipinski definition) is 5. The van der Waals surface area contributed by atoms with Crippen LogP contribution >= 0.6 is 0 Å². The summed E-state index contributed by atoms with van der Waals surface area (Å²) >= 11 is 0. The predicted octanol–water partition coefficient (Wildman–Crippen LogP) is 4.85. The summed E-state index contributed by atoms with van der Waals surface area (Å²) in [5.41, 5.74) is 2.55. The highest BCUT2D eigenvalue weighted by Crippen LogP contribution is 2.31. The molecule has 0 aliphatic heterocycles. The lowest BCUT2D eigenvalue weighted by atomic mass is 10.1. The molecule has 0 unspecified atom stereocenters. The van der Waals surface area contributed by atoms with Crippen molar-refractivity contribution < 1.29 is 21.6 Å². The molecule has 0 amide bonds. The third kappa shape index (κ3) is 5.07. The monoisotopic (exact) mass is 470 g/mol. The molecule has 2 aromatic heterocycles. The Morgan fingerprint density at radius 2 is 1.52 bits per heavy atom. The Morgan fingerprint density at radius 1 is 0.818 bits per heavy atom. The largest absolute Gasteiger partial charge is 0.416 e. The number of aromatic nitrogens is 3. The van der Waals surface area contributed by atoms with E-state index in [1.54, 1.807) is 30.3 Å². The first-order valence-electron chi connectivity index (χ1n) is 9.64. The quantitative estimate of drug-likeness (QED) is 0.460. The van der Waals surface area contributed by atoms with Gasteiger partial charge in [-0.1, -0.05) is 24.3 Å². The van der Waals surface area contributed by atoms with E-state index >= 15 is 0 Å². The molecular weight excluding hydrogens is 453 g/mol. The van der Waals surface area contributed by atoms with Gasteiger partial charge >= 0.3 is 6.18 Å². The second-order valence-corrected chi connectivity index (χ2v) is 8.89. The predicted molar refractivity (Wildman–Crippen MR) is 117 cm³/mol. The standard InChI is InChI=1S/C23H17F3N4O2S/c1-14-11-20(15-5-7-17(8-6-15)23(24,25)26)29-21(12-14)19-9-10-28-22(30-19)16-3-2-4-18(13-16)33(27,31)32/h2-13H,1H3,(H2,27,31,32). The fourth-order valence-corrected chi connectivity index (χ4v) is 3.79. The zero-order valence-electron chi connectivity index (χ0n) is 17.2. The maximum atomic E-state index is 12.9. The number of aryl methyl sites for hydroxylation is 1. The van der Waals surface area contributed by atoms with E-state index in [0.29, 0.717) is 28.2 Å². The van der Waals surface area contributed by atoms with Crippen LogP contribution in [0.2, 0.25) is 0 Å². The molecule has 2 N–H and O–H groups in total. The number of alkyl halides is 3. The molecule has 0 saturated carbocycles. The lowest BCUT2D eigenvalue weighted by Crippen LogP contribution is -2.12.